The Morgan fingerprint density at radius 1 is 1.31 bits per heavy atom. The highest BCUT2D eigenvalue weighted by Gasteiger charge is 2.33. The van der Waals surface area contributed by atoms with Gasteiger partial charge in [-0.1, -0.05) is 6.92 Å². The van der Waals surface area contributed by atoms with E-state index in [4.69, 9.17) is 5.11 Å². The average molecular weight is 454 g/mol. The number of rotatable bonds is 8. The Morgan fingerprint density at radius 2 is 2.09 bits per heavy atom. The first kappa shape index (κ1) is 23.5. The van der Waals surface area contributed by atoms with Crippen LogP contribution in [0.3, 0.4) is 0 Å². The monoisotopic (exact) mass is 454 g/mol. The van der Waals surface area contributed by atoms with Crippen LogP contribution in [0.2, 0.25) is 0 Å². The standard InChI is InChI=1S/C20H25F3N6O3/c1-2-13(26-19(31)32)6-11-3-4-12(5-11)15-8-17(29-28-15)27-18(30)7-14-9-24-10-16(25-14)20(21,22)23/h8-13,26H,2-7H2,1H3,(H,31,32)(H2,27,28,29,30). The molecule has 1 fully saturated rings. The van der Waals surface area contributed by atoms with Crippen molar-refractivity contribution < 1.29 is 27.9 Å². The number of H-pyrrole nitrogens is 1. The Kier molecular flexibility index (Phi) is 7.31. The Hall–Kier alpha value is -3.18. The third kappa shape index (κ3) is 6.41. The van der Waals surface area contributed by atoms with Gasteiger partial charge in [0.25, 0.3) is 0 Å². The molecule has 3 rings (SSSR count). The molecule has 1 aliphatic carbocycles. The third-order valence-electron chi connectivity index (χ3n) is 5.60. The largest absolute Gasteiger partial charge is 0.465 e. The number of carbonyl (C=O) groups is 2. The first-order valence-corrected chi connectivity index (χ1v) is 10.4. The first-order valence-electron chi connectivity index (χ1n) is 10.4. The summed E-state index contributed by atoms with van der Waals surface area (Å²) in [5.74, 6) is 0.339. The minimum Gasteiger partial charge on any atom is -0.465 e. The molecule has 2 aromatic heterocycles. The van der Waals surface area contributed by atoms with Gasteiger partial charge in [0.05, 0.1) is 18.3 Å². The van der Waals surface area contributed by atoms with Gasteiger partial charge in [0.15, 0.2) is 11.5 Å². The molecule has 2 heterocycles. The fourth-order valence-electron chi connectivity index (χ4n) is 4.07. The lowest BCUT2D eigenvalue weighted by molar-refractivity contribution is -0.141. The number of nitrogens with one attached hydrogen (secondary N) is 3. The van der Waals surface area contributed by atoms with E-state index < -0.39 is 23.9 Å². The lowest BCUT2D eigenvalue weighted by Gasteiger charge is -2.19. The second-order valence-electron chi connectivity index (χ2n) is 7.99. The van der Waals surface area contributed by atoms with E-state index >= 15 is 0 Å². The molecule has 3 unspecified atom stereocenters. The SMILES string of the molecule is CCC(CC1CCC(c2cc(NC(=O)Cc3cncc(C(F)(F)F)n3)n[nH]2)C1)NC(=O)O. The summed E-state index contributed by atoms with van der Waals surface area (Å²) in [5.41, 5.74) is -0.377. The number of anilines is 1. The second kappa shape index (κ2) is 9.96. The number of carbonyl (C=O) groups excluding carboxylic acids is 1. The summed E-state index contributed by atoms with van der Waals surface area (Å²) in [6, 6.07) is 1.64. The summed E-state index contributed by atoms with van der Waals surface area (Å²) >= 11 is 0. The molecule has 0 spiro atoms. The van der Waals surface area contributed by atoms with Gasteiger partial charge < -0.3 is 15.7 Å². The van der Waals surface area contributed by atoms with Crippen molar-refractivity contribution in [3.63, 3.8) is 0 Å². The van der Waals surface area contributed by atoms with Crippen LogP contribution in [0, 0.1) is 5.92 Å². The number of alkyl halides is 3. The highest BCUT2D eigenvalue weighted by Crippen LogP contribution is 2.40. The zero-order chi connectivity index (χ0) is 23.3. The van der Waals surface area contributed by atoms with E-state index in [0.29, 0.717) is 12.1 Å². The smallest absolute Gasteiger partial charge is 0.434 e. The molecule has 1 saturated carbocycles. The Morgan fingerprint density at radius 3 is 2.78 bits per heavy atom. The molecule has 32 heavy (non-hydrogen) atoms. The molecule has 1 aliphatic rings. The van der Waals surface area contributed by atoms with Crippen molar-refractivity contribution in [2.24, 2.45) is 5.92 Å². The number of aromatic amines is 1. The molecule has 4 N–H and O–H groups in total. The first-order chi connectivity index (χ1) is 15.1. The predicted molar refractivity (Wildman–Crippen MR) is 108 cm³/mol. The summed E-state index contributed by atoms with van der Waals surface area (Å²) in [5, 5.41) is 21.0. The molecule has 0 aliphatic heterocycles. The maximum Gasteiger partial charge on any atom is 0.434 e. The van der Waals surface area contributed by atoms with Crippen LogP contribution in [-0.2, 0) is 17.4 Å². The average Bonchev–Trinajstić information content (AvgIpc) is 3.36. The molecule has 0 aromatic carbocycles. The minimum absolute atomic E-state index is 0.0770. The predicted octanol–water partition coefficient (Wildman–Crippen LogP) is 3.72. The number of carboxylic acid groups (broad SMARTS) is 1. The maximum absolute atomic E-state index is 12.7. The van der Waals surface area contributed by atoms with Crippen LogP contribution < -0.4 is 10.6 Å². The fourth-order valence-corrected chi connectivity index (χ4v) is 4.07. The van der Waals surface area contributed by atoms with Crippen LogP contribution in [0.25, 0.3) is 0 Å². The fraction of sp³-hybridized carbons (Fsp3) is 0.550. The van der Waals surface area contributed by atoms with Gasteiger partial charge in [-0.15, -0.1) is 0 Å². The molecule has 2 aromatic rings. The van der Waals surface area contributed by atoms with Crippen molar-refractivity contribution in [3.05, 3.63) is 35.5 Å². The lowest BCUT2D eigenvalue weighted by atomic mass is 9.95. The van der Waals surface area contributed by atoms with Crippen molar-refractivity contribution in [1.82, 2.24) is 25.5 Å². The third-order valence-corrected chi connectivity index (χ3v) is 5.60. The number of amides is 2. The molecule has 0 saturated heterocycles. The van der Waals surface area contributed by atoms with E-state index in [-0.39, 0.29) is 29.9 Å². The van der Waals surface area contributed by atoms with Crippen LogP contribution in [0.1, 0.15) is 62.0 Å². The normalized spacial score (nSPS) is 19.5. The van der Waals surface area contributed by atoms with Crippen molar-refractivity contribution in [1.29, 1.82) is 0 Å². The molecule has 12 heteroatoms. The van der Waals surface area contributed by atoms with Crippen molar-refractivity contribution in [3.8, 4) is 0 Å². The Labute approximate surface area is 182 Å². The zero-order valence-electron chi connectivity index (χ0n) is 17.4. The maximum atomic E-state index is 12.7. The van der Waals surface area contributed by atoms with Crippen LogP contribution in [0.4, 0.5) is 23.8 Å². The van der Waals surface area contributed by atoms with Gasteiger partial charge in [-0.2, -0.15) is 18.3 Å². The van der Waals surface area contributed by atoms with Crippen LogP contribution >= 0.6 is 0 Å². The quantitative estimate of drug-likeness (QED) is 0.481. The van der Waals surface area contributed by atoms with Crippen LogP contribution in [0.5, 0.6) is 0 Å². The van der Waals surface area contributed by atoms with Gasteiger partial charge in [0, 0.05) is 29.9 Å². The number of aromatic nitrogens is 4. The van der Waals surface area contributed by atoms with E-state index in [9.17, 15) is 22.8 Å². The molecule has 174 valence electrons. The molecular formula is C20H25F3N6O3. The summed E-state index contributed by atoms with van der Waals surface area (Å²) in [7, 11) is 0. The van der Waals surface area contributed by atoms with Crippen molar-refractivity contribution in [2.75, 3.05) is 5.32 Å². The van der Waals surface area contributed by atoms with Gasteiger partial charge in [-0.3, -0.25) is 14.9 Å². The van der Waals surface area contributed by atoms with E-state index in [0.717, 1.165) is 44.0 Å². The van der Waals surface area contributed by atoms with Gasteiger partial charge >= 0.3 is 12.3 Å². The van der Waals surface area contributed by atoms with E-state index in [2.05, 4.69) is 30.8 Å². The Balaban J connectivity index is 1.53. The number of nitrogens with zero attached hydrogens (tertiary/aromatic N) is 3. The summed E-state index contributed by atoms with van der Waals surface area (Å²) < 4.78 is 38.2. The lowest BCUT2D eigenvalue weighted by Crippen LogP contribution is -2.34. The second-order valence-corrected chi connectivity index (χ2v) is 7.99. The summed E-state index contributed by atoms with van der Waals surface area (Å²) in [6.07, 6.45) is -0.0109. The van der Waals surface area contributed by atoms with E-state index in [1.807, 2.05) is 6.92 Å². The van der Waals surface area contributed by atoms with Gasteiger partial charge in [0.2, 0.25) is 5.91 Å². The molecule has 0 radical (unpaired) electrons. The number of hydrogen-bond acceptors (Lipinski definition) is 5. The molecule has 3 atom stereocenters. The molecule has 2 amide bonds. The highest BCUT2D eigenvalue weighted by molar-refractivity contribution is 5.91. The number of hydrogen-bond donors (Lipinski definition) is 4. The van der Waals surface area contributed by atoms with Gasteiger partial charge in [-0.25, -0.2) is 9.78 Å². The topological polar surface area (TPSA) is 133 Å². The molecule has 9 nitrogen and oxygen atoms in total. The zero-order valence-corrected chi connectivity index (χ0v) is 17.4. The molecular weight excluding hydrogens is 429 g/mol. The molecule has 0 bridgehead atoms. The van der Waals surface area contributed by atoms with E-state index in [1.54, 1.807) is 6.07 Å². The summed E-state index contributed by atoms with van der Waals surface area (Å²) in [6.45, 7) is 1.95. The van der Waals surface area contributed by atoms with Gasteiger partial charge in [0.1, 0.15) is 0 Å². The van der Waals surface area contributed by atoms with Gasteiger partial charge in [-0.05, 0) is 38.0 Å². The highest BCUT2D eigenvalue weighted by atomic mass is 19.4. The Bertz CT molecular complexity index is 949. The minimum atomic E-state index is -4.63. The number of halogens is 3. The van der Waals surface area contributed by atoms with Crippen molar-refractivity contribution >= 4 is 17.8 Å². The summed E-state index contributed by atoms with van der Waals surface area (Å²) in [4.78, 5) is 30.0. The van der Waals surface area contributed by atoms with Crippen LogP contribution in [-0.4, -0.2) is 43.3 Å². The van der Waals surface area contributed by atoms with Crippen molar-refractivity contribution in [2.45, 2.75) is 63.6 Å². The van der Waals surface area contributed by atoms with E-state index in [1.165, 1.54) is 0 Å². The van der Waals surface area contributed by atoms with Crippen LogP contribution in [0.15, 0.2) is 18.5 Å².